The van der Waals surface area contributed by atoms with Gasteiger partial charge >= 0.3 is 0 Å². The van der Waals surface area contributed by atoms with E-state index in [1.807, 2.05) is 0 Å². The van der Waals surface area contributed by atoms with E-state index in [-0.39, 0.29) is 10.8 Å². The molecule has 0 radical (unpaired) electrons. The average molecular weight is 346 g/mol. The third-order valence-electron chi connectivity index (χ3n) is 4.98. The fourth-order valence-electron chi connectivity index (χ4n) is 3.39. The average Bonchev–Trinajstić information content (AvgIpc) is 2.87. The van der Waals surface area contributed by atoms with Crippen LogP contribution in [0.25, 0.3) is 10.3 Å². The molecule has 1 fully saturated rings. The zero-order chi connectivity index (χ0) is 17.5. The molecule has 0 aliphatic heterocycles. The first-order chi connectivity index (χ1) is 11.1. The molecule has 1 aromatic carbocycles. The topological polar surface area (TPSA) is 25.5 Å². The molecule has 0 saturated heterocycles. The predicted molar refractivity (Wildman–Crippen MR) is 104 cm³/mol. The van der Waals surface area contributed by atoms with Gasteiger partial charge in [0.2, 0.25) is 0 Å². The largest absolute Gasteiger partial charge is 0.430 e. The Morgan fingerprint density at radius 3 is 2.21 bits per heavy atom. The number of fused-ring (bicyclic) bond motifs is 1. The summed E-state index contributed by atoms with van der Waals surface area (Å²) in [5, 5.41) is 0. The van der Waals surface area contributed by atoms with Gasteiger partial charge in [-0.3, -0.25) is 0 Å². The fourth-order valence-corrected chi connectivity index (χ4v) is 4.57. The van der Waals surface area contributed by atoms with Crippen LogP contribution in [0.2, 0.25) is 0 Å². The van der Waals surface area contributed by atoms with Gasteiger partial charge in [-0.25, -0.2) is 4.99 Å². The number of benzene rings is 1. The minimum atomic E-state index is 0.0992. The molecule has 2 nitrogen and oxygen atoms in total. The van der Waals surface area contributed by atoms with E-state index in [1.54, 1.807) is 11.3 Å². The van der Waals surface area contributed by atoms with Crippen LogP contribution in [0.3, 0.4) is 0 Å². The summed E-state index contributed by atoms with van der Waals surface area (Å²) < 4.78 is 7.46. The van der Waals surface area contributed by atoms with Crippen LogP contribution < -0.4 is 4.87 Å². The molecule has 1 saturated carbocycles. The maximum Gasteiger partial charge on any atom is 0.274 e. The Kier molecular flexibility index (Phi) is 4.67. The number of hydrogen-bond donors (Lipinski definition) is 0. The van der Waals surface area contributed by atoms with Gasteiger partial charge in [0.05, 0.1) is 10.7 Å². The van der Waals surface area contributed by atoms with Crippen molar-refractivity contribution in [1.82, 2.24) is 0 Å². The first kappa shape index (κ1) is 17.7. The second kappa shape index (κ2) is 6.33. The van der Waals surface area contributed by atoms with Crippen LogP contribution in [0.15, 0.2) is 21.5 Å². The molecule has 1 aromatic heterocycles. The molecule has 0 unspecified atom stereocenters. The molecule has 3 rings (SSSR count). The first-order valence-electron chi connectivity index (χ1n) is 9.27. The molecule has 1 heterocycles. The van der Waals surface area contributed by atoms with E-state index in [2.05, 4.69) is 53.7 Å². The predicted octanol–water partition coefficient (Wildman–Crippen LogP) is 6.32. The number of rotatable bonds is 1. The second-order valence-electron chi connectivity index (χ2n) is 9.24. The van der Waals surface area contributed by atoms with E-state index in [0.717, 1.165) is 10.5 Å². The summed E-state index contributed by atoms with van der Waals surface area (Å²) in [7, 11) is 0. The molecule has 0 bridgehead atoms. The highest BCUT2D eigenvalue weighted by molar-refractivity contribution is 7.16. The third-order valence-corrected chi connectivity index (χ3v) is 5.97. The normalized spacial score (nSPS) is 18.5. The van der Waals surface area contributed by atoms with Gasteiger partial charge in [0, 0.05) is 0 Å². The lowest BCUT2D eigenvalue weighted by molar-refractivity contribution is 0.422. The van der Waals surface area contributed by atoms with Crippen LogP contribution in [-0.2, 0) is 10.8 Å². The summed E-state index contributed by atoms with van der Waals surface area (Å²) in [4.78, 5) is 5.78. The SMILES string of the molecule is CC(C)(C)c1cc(C(C)(C)C)c2sc(=NC3CCCCC3)oc2c1. The maximum atomic E-state index is 6.19. The molecule has 3 heteroatoms. The van der Waals surface area contributed by atoms with Gasteiger partial charge < -0.3 is 4.42 Å². The van der Waals surface area contributed by atoms with Gasteiger partial charge in [-0.15, -0.1) is 0 Å². The highest BCUT2D eigenvalue weighted by Crippen LogP contribution is 2.36. The molecule has 0 atom stereocenters. The summed E-state index contributed by atoms with van der Waals surface area (Å²) in [6, 6.07) is 5.05. The highest BCUT2D eigenvalue weighted by atomic mass is 32.1. The maximum absolute atomic E-state index is 6.19. The van der Waals surface area contributed by atoms with E-state index in [4.69, 9.17) is 9.41 Å². The Morgan fingerprint density at radius 1 is 0.958 bits per heavy atom. The number of hydrogen-bond acceptors (Lipinski definition) is 3. The Morgan fingerprint density at radius 2 is 1.62 bits per heavy atom. The van der Waals surface area contributed by atoms with Crippen molar-refractivity contribution in [3.05, 3.63) is 28.1 Å². The van der Waals surface area contributed by atoms with Gasteiger partial charge in [-0.2, -0.15) is 0 Å². The molecule has 2 aromatic rings. The first-order valence-corrected chi connectivity index (χ1v) is 10.1. The molecular formula is C21H31NOS. The molecule has 1 aliphatic carbocycles. The highest BCUT2D eigenvalue weighted by Gasteiger charge is 2.24. The lowest BCUT2D eigenvalue weighted by atomic mass is 9.80. The van der Waals surface area contributed by atoms with Gasteiger partial charge in [0.25, 0.3) is 4.87 Å². The fraction of sp³-hybridized carbons (Fsp3) is 0.667. The van der Waals surface area contributed by atoms with E-state index in [1.165, 1.54) is 47.9 Å². The van der Waals surface area contributed by atoms with Crippen LogP contribution >= 0.6 is 11.3 Å². The van der Waals surface area contributed by atoms with Crippen LogP contribution in [0, 0.1) is 0 Å². The molecule has 1 aliphatic rings. The monoisotopic (exact) mass is 345 g/mol. The molecule has 0 amide bonds. The van der Waals surface area contributed by atoms with Gasteiger partial charge in [0.15, 0.2) is 0 Å². The van der Waals surface area contributed by atoms with Gasteiger partial charge in [-0.1, -0.05) is 78.2 Å². The lowest BCUT2D eigenvalue weighted by Gasteiger charge is -2.25. The molecule has 0 spiro atoms. The van der Waals surface area contributed by atoms with Crippen molar-refractivity contribution in [1.29, 1.82) is 0 Å². The van der Waals surface area contributed by atoms with Crippen molar-refractivity contribution >= 4 is 21.6 Å². The van der Waals surface area contributed by atoms with Crippen molar-refractivity contribution in [3.63, 3.8) is 0 Å². The molecule has 132 valence electrons. The summed E-state index contributed by atoms with van der Waals surface area (Å²) in [5.41, 5.74) is 3.94. The zero-order valence-electron chi connectivity index (χ0n) is 16.0. The van der Waals surface area contributed by atoms with Crippen LogP contribution in [-0.4, -0.2) is 6.04 Å². The lowest BCUT2D eigenvalue weighted by Crippen LogP contribution is -2.16. The zero-order valence-corrected chi connectivity index (χ0v) is 16.8. The minimum absolute atomic E-state index is 0.0992. The van der Waals surface area contributed by atoms with E-state index >= 15 is 0 Å². The minimum Gasteiger partial charge on any atom is -0.430 e. The Labute approximate surface area is 150 Å². The van der Waals surface area contributed by atoms with Crippen LogP contribution in [0.4, 0.5) is 0 Å². The summed E-state index contributed by atoms with van der Waals surface area (Å²) in [6.45, 7) is 13.6. The van der Waals surface area contributed by atoms with Gasteiger partial charge in [-0.05, 0) is 40.9 Å². The van der Waals surface area contributed by atoms with E-state index in [0.29, 0.717) is 6.04 Å². The summed E-state index contributed by atoms with van der Waals surface area (Å²) in [6.07, 6.45) is 6.39. The molecule has 24 heavy (non-hydrogen) atoms. The van der Waals surface area contributed by atoms with E-state index < -0.39 is 0 Å². The second-order valence-corrected chi connectivity index (χ2v) is 10.2. The van der Waals surface area contributed by atoms with Crippen molar-refractivity contribution < 1.29 is 4.42 Å². The van der Waals surface area contributed by atoms with Crippen LogP contribution in [0.5, 0.6) is 0 Å². The quantitative estimate of drug-likeness (QED) is 0.593. The van der Waals surface area contributed by atoms with Crippen molar-refractivity contribution in [3.8, 4) is 0 Å². The van der Waals surface area contributed by atoms with Crippen molar-refractivity contribution in [2.24, 2.45) is 4.99 Å². The van der Waals surface area contributed by atoms with Crippen molar-refractivity contribution in [2.45, 2.75) is 90.5 Å². The molecular weight excluding hydrogens is 314 g/mol. The summed E-state index contributed by atoms with van der Waals surface area (Å²) in [5.74, 6) is 0. The summed E-state index contributed by atoms with van der Waals surface area (Å²) >= 11 is 1.73. The Bertz CT molecular complexity index is 777. The van der Waals surface area contributed by atoms with E-state index in [9.17, 15) is 0 Å². The van der Waals surface area contributed by atoms with Gasteiger partial charge in [0.1, 0.15) is 5.58 Å². The third kappa shape index (κ3) is 3.77. The smallest absolute Gasteiger partial charge is 0.274 e. The Hall–Kier alpha value is -1.09. The standard InChI is InChI=1S/C21H31NOS/c1-20(2,3)14-12-16(21(4,5)6)18-17(13-14)23-19(24-18)22-15-10-8-7-9-11-15/h12-13,15H,7-11H2,1-6H3. The molecule has 0 N–H and O–H groups in total. The number of nitrogens with zero attached hydrogens (tertiary/aromatic N) is 1. The Balaban J connectivity index is 2.15. The van der Waals surface area contributed by atoms with Crippen LogP contribution in [0.1, 0.15) is 84.8 Å². The van der Waals surface area contributed by atoms with Crippen molar-refractivity contribution in [2.75, 3.05) is 0 Å².